The third-order valence-corrected chi connectivity index (χ3v) is 4.45. The summed E-state index contributed by atoms with van der Waals surface area (Å²) < 4.78 is 16.6. The minimum Gasteiger partial charge on any atom is -0.497 e. The number of benzene rings is 2. The van der Waals surface area contributed by atoms with Gasteiger partial charge in [-0.05, 0) is 61.8 Å². The van der Waals surface area contributed by atoms with Gasteiger partial charge in [0.1, 0.15) is 23.9 Å². The second-order valence-corrected chi connectivity index (χ2v) is 5.99. The van der Waals surface area contributed by atoms with Crippen molar-refractivity contribution in [2.45, 2.75) is 12.8 Å². The van der Waals surface area contributed by atoms with E-state index >= 15 is 0 Å². The maximum Gasteiger partial charge on any atom is 0.126 e. The van der Waals surface area contributed by atoms with Gasteiger partial charge >= 0.3 is 0 Å². The molecule has 2 aromatic carbocycles. The molecule has 0 aliphatic carbocycles. The summed E-state index contributed by atoms with van der Waals surface area (Å²) in [5.74, 6) is 2.55. The zero-order chi connectivity index (χ0) is 16.8. The van der Waals surface area contributed by atoms with Crippen LogP contribution < -0.4 is 14.2 Å². The summed E-state index contributed by atoms with van der Waals surface area (Å²) in [4.78, 5) is 2.45. The summed E-state index contributed by atoms with van der Waals surface area (Å²) in [5.41, 5.74) is 2.10. The summed E-state index contributed by atoms with van der Waals surface area (Å²) in [7, 11) is 3.35. The highest BCUT2D eigenvalue weighted by Gasteiger charge is 2.11. The van der Waals surface area contributed by atoms with Gasteiger partial charge in [-0.1, -0.05) is 12.1 Å². The van der Waals surface area contributed by atoms with Gasteiger partial charge in [0.2, 0.25) is 0 Å². The second-order valence-electron chi connectivity index (χ2n) is 5.99. The van der Waals surface area contributed by atoms with Gasteiger partial charge in [-0.25, -0.2) is 0 Å². The number of nitrogens with zero attached hydrogens (tertiary/aromatic N) is 1. The van der Waals surface area contributed by atoms with Crippen LogP contribution in [0.25, 0.3) is 11.1 Å². The quantitative estimate of drug-likeness (QED) is 0.773. The first-order valence-electron chi connectivity index (χ1n) is 8.48. The van der Waals surface area contributed by atoms with Crippen LogP contribution in [0.15, 0.2) is 42.5 Å². The van der Waals surface area contributed by atoms with Crippen LogP contribution in [0.4, 0.5) is 0 Å². The van der Waals surface area contributed by atoms with E-state index in [-0.39, 0.29) is 0 Å². The molecule has 0 saturated carbocycles. The lowest BCUT2D eigenvalue weighted by Gasteiger charge is -2.15. The molecule has 0 atom stereocenters. The van der Waals surface area contributed by atoms with E-state index in [0.717, 1.165) is 41.5 Å². The fourth-order valence-electron chi connectivity index (χ4n) is 3.07. The Morgan fingerprint density at radius 3 is 2.25 bits per heavy atom. The second kappa shape index (κ2) is 8.06. The minimum absolute atomic E-state index is 0.738. The van der Waals surface area contributed by atoms with Gasteiger partial charge in [0.05, 0.1) is 14.2 Å². The monoisotopic (exact) mass is 327 g/mol. The van der Waals surface area contributed by atoms with Crippen molar-refractivity contribution in [2.75, 3.05) is 40.5 Å². The molecule has 1 aliphatic heterocycles. The maximum absolute atomic E-state index is 5.86. The molecule has 0 bridgehead atoms. The standard InChI is InChI=1S/C20H25NO3/c1-22-18-9-10-20(23-2)19(15-18)16-5-7-17(8-6-16)24-14-13-21-11-3-4-12-21/h5-10,15H,3-4,11-14H2,1-2H3. The summed E-state index contributed by atoms with van der Waals surface area (Å²) in [6.45, 7) is 4.16. The lowest BCUT2D eigenvalue weighted by Crippen LogP contribution is -2.25. The Labute approximate surface area is 144 Å². The molecular formula is C20H25NO3. The fourth-order valence-corrected chi connectivity index (χ4v) is 3.07. The third-order valence-electron chi connectivity index (χ3n) is 4.45. The van der Waals surface area contributed by atoms with Gasteiger partial charge in [-0.2, -0.15) is 0 Å². The van der Waals surface area contributed by atoms with Crippen molar-refractivity contribution in [3.63, 3.8) is 0 Å². The number of hydrogen-bond acceptors (Lipinski definition) is 4. The smallest absolute Gasteiger partial charge is 0.126 e. The van der Waals surface area contributed by atoms with Gasteiger partial charge < -0.3 is 14.2 Å². The van der Waals surface area contributed by atoms with Crippen LogP contribution in [0.2, 0.25) is 0 Å². The molecule has 3 rings (SSSR count). The molecule has 4 heteroatoms. The van der Waals surface area contributed by atoms with Crippen molar-refractivity contribution < 1.29 is 14.2 Å². The van der Waals surface area contributed by atoms with E-state index in [2.05, 4.69) is 17.0 Å². The molecule has 24 heavy (non-hydrogen) atoms. The van der Waals surface area contributed by atoms with Crippen molar-refractivity contribution in [3.05, 3.63) is 42.5 Å². The molecule has 4 nitrogen and oxygen atoms in total. The predicted molar refractivity (Wildman–Crippen MR) is 96.2 cm³/mol. The molecule has 1 fully saturated rings. The molecule has 0 radical (unpaired) electrons. The Bertz CT molecular complexity index is 648. The summed E-state index contributed by atoms with van der Waals surface area (Å²) >= 11 is 0. The van der Waals surface area contributed by atoms with Gasteiger partial charge in [0, 0.05) is 12.1 Å². The van der Waals surface area contributed by atoms with E-state index in [4.69, 9.17) is 14.2 Å². The van der Waals surface area contributed by atoms with Crippen molar-refractivity contribution in [2.24, 2.45) is 0 Å². The fraction of sp³-hybridized carbons (Fsp3) is 0.400. The average molecular weight is 327 g/mol. The van der Waals surface area contributed by atoms with Gasteiger partial charge in [-0.3, -0.25) is 4.90 Å². The molecule has 1 aliphatic rings. The number of hydrogen-bond donors (Lipinski definition) is 0. The highest BCUT2D eigenvalue weighted by Crippen LogP contribution is 2.34. The molecule has 0 unspecified atom stereocenters. The Morgan fingerprint density at radius 2 is 1.58 bits per heavy atom. The van der Waals surface area contributed by atoms with Crippen molar-refractivity contribution in [1.82, 2.24) is 4.90 Å². The molecule has 128 valence electrons. The molecule has 0 amide bonds. The van der Waals surface area contributed by atoms with Crippen molar-refractivity contribution in [1.29, 1.82) is 0 Å². The summed E-state index contributed by atoms with van der Waals surface area (Å²) in [6, 6.07) is 14.0. The average Bonchev–Trinajstić information content (AvgIpc) is 3.15. The van der Waals surface area contributed by atoms with Crippen molar-refractivity contribution in [3.8, 4) is 28.4 Å². The lowest BCUT2D eigenvalue weighted by molar-refractivity contribution is 0.238. The molecule has 1 saturated heterocycles. The molecular weight excluding hydrogens is 302 g/mol. The molecule has 0 aromatic heterocycles. The first kappa shape index (κ1) is 16.7. The molecule has 1 heterocycles. The third kappa shape index (κ3) is 4.01. The van der Waals surface area contributed by atoms with Gasteiger partial charge in [0.25, 0.3) is 0 Å². The molecule has 0 N–H and O–H groups in total. The SMILES string of the molecule is COc1ccc(OC)c(-c2ccc(OCCN3CCCC3)cc2)c1. The summed E-state index contributed by atoms with van der Waals surface area (Å²) in [5, 5.41) is 0. The van der Waals surface area contributed by atoms with E-state index in [0.29, 0.717) is 0 Å². The zero-order valence-electron chi connectivity index (χ0n) is 14.5. The Hall–Kier alpha value is -2.20. The van der Waals surface area contributed by atoms with Crippen LogP contribution in [0.5, 0.6) is 17.2 Å². The molecule has 0 spiro atoms. The van der Waals surface area contributed by atoms with Crippen LogP contribution in [0.3, 0.4) is 0 Å². The van der Waals surface area contributed by atoms with Crippen LogP contribution in [-0.2, 0) is 0 Å². The minimum atomic E-state index is 0.738. The van der Waals surface area contributed by atoms with E-state index in [1.807, 2.05) is 30.3 Å². The number of rotatable bonds is 7. The Morgan fingerprint density at radius 1 is 0.875 bits per heavy atom. The first-order valence-corrected chi connectivity index (χ1v) is 8.48. The topological polar surface area (TPSA) is 30.9 Å². The van der Waals surface area contributed by atoms with E-state index in [1.54, 1.807) is 14.2 Å². The largest absolute Gasteiger partial charge is 0.497 e. The van der Waals surface area contributed by atoms with Crippen molar-refractivity contribution >= 4 is 0 Å². The van der Waals surface area contributed by atoms with Crippen LogP contribution in [0.1, 0.15) is 12.8 Å². The van der Waals surface area contributed by atoms with Crippen LogP contribution >= 0.6 is 0 Å². The predicted octanol–water partition coefficient (Wildman–Crippen LogP) is 3.85. The first-order chi connectivity index (χ1) is 11.8. The highest BCUT2D eigenvalue weighted by molar-refractivity contribution is 5.72. The number of ether oxygens (including phenoxy) is 3. The number of methoxy groups -OCH3 is 2. The van der Waals surface area contributed by atoms with E-state index < -0.39 is 0 Å². The van der Waals surface area contributed by atoms with Crippen LogP contribution in [0, 0.1) is 0 Å². The summed E-state index contributed by atoms with van der Waals surface area (Å²) in [6.07, 6.45) is 2.63. The van der Waals surface area contributed by atoms with Crippen LogP contribution in [-0.4, -0.2) is 45.4 Å². The Kier molecular flexibility index (Phi) is 5.59. The van der Waals surface area contributed by atoms with Gasteiger partial charge in [0.15, 0.2) is 0 Å². The normalized spacial score (nSPS) is 14.6. The number of likely N-dealkylation sites (tertiary alicyclic amines) is 1. The Balaban J connectivity index is 1.65. The lowest BCUT2D eigenvalue weighted by atomic mass is 10.0. The van der Waals surface area contributed by atoms with E-state index in [1.165, 1.54) is 25.9 Å². The van der Waals surface area contributed by atoms with E-state index in [9.17, 15) is 0 Å². The zero-order valence-corrected chi connectivity index (χ0v) is 14.5. The maximum atomic E-state index is 5.86. The molecule has 2 aromatic rings. The van der Waals surface area contributed by atoms with Gasteiger partial charge in [-0.15, -0.1) is 0 Å². The highest BCUT2D eigenvalue weighted by atomic mass is 16.5.